The van der Waals surface area contributed by atoms with Crippen LogP contribution in [0.2, 0.25) is 0 Å². The molecule has 2 heterocycles. The van der Waals surface area contributed by atoms with E-state index in [9.17, 15) is 14.7 Å². The van der Waals surface area contributed by atoms with Crippen LogP contribution in [0.5, 0.6) is 11.5 Å². The van der Waals surface area contributed by atoms with Crippen molar-refractivity contribution < 1.29 is 23.8 Å². The lowest BCUT2D eigenvalue weighted by Crippen LogP contribution is -2.32. The number of benzene rings is 2. The van der Waals surface area contributed by atoms with Crippen molar-refractivity contribution in [1.82, 2.24) is 5.32 Å². The van der Waals surface area contributed by atoms with Crippen LogP contribution in [0.25, 0.3) is 11.0 Å². The topological polar surface area (TPSA) is 98.0 Å². The number of hydrogen-bond donors (Lipinski definition) is 2. The van der Waals surface area contributed by atoms with Crippen LogP contribution in [0.4, 0.5) is 0 Å². The third kappa shape index (κ3) is 4.66. The fraction of sp³-hybridized carbons (Fsp3) is 0.407. The van der Waals surface area contributed by atoms with E-state index in [2.05, 4.69) is 5.32 Å². The molecule has 0 bridgehead atoms. The number of aliphatic hydroxyl groups is 1. The van der Waals surface area contributed by atoms with E-state index in [4.69, 9.17) is 13.9 Å². The summed E-state index contributed by atoms with van der Waals surface area (Å²) in [5, 5.41) is 13.3. The summed E-state index contributed by atoms with van der Waals surface area (Å²) in [5.74, 6) is 0.990. The summed E-state index contributed by atoms with van der Waals surface area (Å²) in [4.78, 5) is 25.6. The minimum Gasteiger partial charge on any atom is -0.496 e. The van der Waals surface area contributed by atoms with Gasteiger partial charge < -0.3 is 24.3 Å². The van der Waals surface area contributed by atoms with Crippen molar-refractivity contribution in [3.8, 4) is 11.5 Å². The van der Waals surface area contributed by atoms with Crippen LogP contribution < -0.4 is 20.4 Å². The number of ether oxygens (including phenoxy) is 2. The van der Waals surface area contributed by atoms with Gasteiger partial charge in [-0.15, -0.1) is 0 Å². The minimum atomic E-state index is -0.501. The molecule has 1 atom stereocenters. The van der Waals surface area contributed by atoms with Crippen molar-refractivity contribution in [2.75, 3.05) is 13.7 Å². The smallest absolute Gasteiger partial charge is 0.339 e. The fourth-order valence-corrected chi connectivity index (χ4v) is 4.56. The van der Waals surface area contributed by atoms with Crippen LogP contribution in [-0.4, -0.2) is 30.3 Å². The molecule has 180 valence electrons. The fourth-order valence-electron chi connectivity index (χ4n) is 4.56. The molecule has 0 saturated carbocycles. The number of aryl methyl sites for hydroxylation is 2. The molecule has 2 N–H and O–H groups in total. The van der Waals surface area contributed by atoms with Crippen molar-refractivity contribution in [3.63, 3.8) is 0 Å². The molecule has 0 fully saturated rings. The predicted octanol–water partition coefficient (Wildman–Crippen LogP) is 4.00. The first-order valence-electron chi connectivity index (χ1n) is 11.5. The molecule has 4 rings (SSSR count). The summed E-state index contributed by atoms with van der Waals surface area (Å²) in [6.07, 6.45) is 1.84. The molecule has 1 aromatic heterocycles. The average molecular weight is 466 g/mol. The van der Waals surface area contributed by atoms with Crippen LogP contribution >= 0.6 is 0 Å². The lowest BCUT2D eigenvalue weighted by molar-refractivity contribution is -0.122. The number of carbonyl (C=O) groups is 1. The number of amides is 1. The zero-order valence-corrected chi connectivity index (χ0v) is 20.1. The van der Waals surface area contributed by atoms with E-state index in [1.807, 2.05) is 57.2 Å². The van der Waals surface area contributed by atoms with Gasteiger partial charge in [0.2, 0.25) is 5.91 Å². The standard InChI is InChI=1S/C27H31NO6/c1-16-18(10-11-23(30)28-20(15-29)17-8-6-5-7-9-17)26(31)33-25-19-12-13-27(2,3)34-21(19)14-22(32-4)24(16)25/h5-9,14,20,29H,10-13,15H2,1-4H3,(H,28,30)/t20-/m0/s1. The van der Waals surface area contributed by atoms with Crippen LogP contribution in [0.15, 0.2) is 45.6 Å². The Bertz CT molecular complexity index is 1260. The summed E-state index contributed by atoms with van der Waals surface area (Å²) in [5.41, 5.74) is 2.60. The van der Waals surface area contributed by atoms with Crippen LogP contribution in [-0.2, 0) is 17.6 Å². The van der Waals surface area contributed by atoms with E-state index >= 15 is 0 Å². The van der Waals surface area contributed by atoms with Crippen molar-refractivity contribution in [2.24, 2.45) is 0 Å². The maximum absolute atomic E-state index is 13.0. The monoisotopic (exact) mass is 465 g/mol. The first-order chi connectivity index (χ1) is 16.2. The van der Waals surface area contributed by atoms with Gasteiger partial charge in [-0.3, -0.25) is 4.79 Å². The SMILES string of the molecule is COc1cc2c(c3oc(=O)c(CCC(=O)N[C@@H](CO)c4ccccc4)c(C)c13)CCC(C)(C)O2. The summed E-state index contributed by atoms with van der Waals surface area (Å²) in [6.45, 7) is 5.70. The van der Waals surface area contributed by atoms with Gasteiger partial charge in [0.05, 0.1) is 25.1 Å². The largest absolute Gasteiger partial charge is 0.496 e. The second-order valence-electron chi connectivity index (χ2n) is 9.33. The van der Waals surface area contributed by atoms with E-state index in [0.717, 1.165) is 34.9 Å². The molecule has 0 unspecified atom stereocenters. The van der Waals surface area contributed by atoms with Crippen molar-refractivity contribution in [3.05, 3.63) is 69.1 Å². The second kappa shape index (κ2) is 9.50. The predicted molar refractivity (Wildman–Crippen MR) is 130 cm³/mol. The Morgan fingerprint density at radius 3 is 2.68 bits per heavy atom. The van der Waals surface area contributed by atoms with Gasteiger partial charge >= 0.3 is 5.63 Å². The van der Waals surface area contributed by atoms with Crippen molar-refractivity contribution in [1.29, 1.82) is 0 Å². The summed E-state index contributed by atoms with van der Waals surface area (Å²) >= 11 is 0. The average Bonchev–Trinajstić information content (AvgIpc) is 2.81. The molecule has 34 heavy (non-hydrogen) atoms. The second-order valence-corrected chi connectivity index (χ2v) is 9.33. The molecule has 2 aromatic carbocycles. The molecule has 0 saturated heterocycles. The minimum absolute atomic E-state index is 0.0883. The highest BCUT2D eigenvalue weighted by Gasteiger charge is 2.31. The molecule has 0 aliphatic carbocycles. The Morgan fingerprint density at radius 1 is 1.26 bits per heavy atom. The molecular weight excluding hydrogens is 434 g/mol. The maximum Gasteiger partial charge on any atom is 0.339 e. The zero-order valence-electron chi connectivity index (χ0n) is 20.1. The Labute approximate surface area is 198 Å². The Balaban J connectivity index is 1.61. The van der Waals surface area contributed by atoms with E-state index in [-0.39, 0.29) is 31.0 Å². The molecule has 0 spiro atoms. The van der Waals surface area contributed by atoms with Crippen molar-refractivity contribution in [2.45, 2.75) is 58.1 Å². The normalized spacial score (nSPS) is 15.3. The van der Waals surface area contributed by atoms with E-state index < -0.39 is 11.7 Å². The number of nitrogens with one attached hydrogen (secondary N) is 1. The van der Waals surface area contributed by atoms with Gasteiger partial charge in [-0.05, 0) is 51.2 Å². The number of aliphatic hydroxyl groups excluding tert-OH is 1. The third-order valence-corrected chi connectivity index (χ3v) is 6.48. The summed E-state index contributed by atoms with van der Waals surface area (Å²) < 4.78 is 17.6. The van der Waals surface area contributed by atoms with E-state index in [0.29, 0.717) is 22.6 Å². The highest BCUT2D eigenvalue weighted by molar-refractivity contribution is 5.92. The number of hydrogen-bond acceptors (Lipinski definition) is 6. The van der Waals surface area contributed by atoms with Gasteiger partial charge in [-0.1, -0.05) is 30.3 Å². The lowest BCUT2D eigenvalue weighted by Gasteiger charge is -2.33. The first-order valence-corrected chi connectivity index (χ1v) is 11.5. The molecule has 1 aliphatic rings. The Morgan fingerprint density at radius 2 is 2.00 bits per heavy atom. The Kier molecular flexibility index (Phi) is 6.66. The quantitative estimate of drug-likeness (QED) is 0.512. The molecule has 7 heteroatoms. The van der Waals surface area contributed by atoms with Gasteiger partial charge in [0.1, 0.15) is 22.7 Å². The van der Waals surface area contributed by atoms with Crippen LogP contribution in [0, 0.1) is 6.92 Å². The number of carbonyl (C=O) groups excluding carboxylic acids is 1. The van der Waals surface area contributed by atoms with Gasteiger partial charge in [-0.25, -0.2) is 4.79 Å². The van der Waals surface area contributed by atoms with Crippen LogP contribution in [0.1, 0.15) is 55.0 Å². The Hall–Kier alpha value is -3.32. The van der Waals surface area contributed by atoms with E-state index in [1.54, 1.807) is 7.11 Å². The molecule has 0 radical (unpaired) electrons. The van der Waals surface area contributed by atoms with Gasteiger partial charge in [0, 0.05) is 23.6 Å². The number of methoxy groups -OCH3 is 1. The number of rotatable bonds is 7. The van der Waals surface area contributed by atoms with E-state index in [1.165, 1.54) is 0 Å². The molecule has 1 aliphatic heterocycles. The zero-order chi connectivity index (χ0) is 24.5. The highest BCUT2D eigenvalue weighted by Crippen LogP contribution is 2.43. The molecular formula is C27H31NO6. The maximum atomic E-state index is 13.0. The molecule has 3 aromatic rings. The first kappa shape index (κ1) is 23.8. The van der Waals surface area contributed by atoms with Gasteiger partial charge in [0.25, 0.3) is 0 Å². The van der Waals surface area contributed by atoms with Crippen molar-refractivity contribution >= 4 is 16.9 Å². The third-order valence-electron chi connectivity index (χ3n) is 6.48. The van der Waals surface area contributed by atoms with Crippen LogP contribution in [0.3, 0.4) is 0 Å². The number of fused-ring (bicyclic) bond motifs is 3. The molecule has 1 amide bonds. The lowest BCUT2D eigenvalue weighted by atomic mass is 9.91. The highest BCUT2D eigenvalue weighted by atomic mass is 16.5. The van der Waals surface area contributed by atoms with Gasteiger partial charge in [0.15, 0.2) is 0 Å². The summed E-state index contributed by atoms with van der Waals surface area (Å²) in [6, 6.07) is 10.6. The van der Waals surface area contributed by atoms with Gasteiger partial charge in [-0.2, -0.15) is 0 Å². The summed E-state index contributed by atoms with van der Waals surface area (Å²) in [7, 11) is 1.57. The molecule has 7 nitrogen and oxygen atoms in total.